The summed E-state index contributed by atoms with van der Waals surface area (Å²) in [6.07, 6.45) is 3.66. The summed E-state index contributed by atoms with van der Waals surface area (Å²) in [5.41, 5.74) is 2.94. The molecule has 7 nitrogen and oxygen atoms in total. The van der Waals surface area contributed by atoms with Crippen LogP contribution < -0.4 is 9.62 Å². The van der Waals surface area contributed by atoms with Gasteiger partial charge in [-0.1, -0.05) is 12.1 Å². The van der Waals surface area contributed by atoms with E-state index < -0.39 is 10.0 Å². The summed E-state index contributed by atoms with van der Waals surface area (Å²) < 4.78 is 29.2. The van der Waals surface area contributed by atoms with Crippen LogP contribution in [-0.2, 0) is 10.0 Å². The monoisotopic (exact) mass is 465 g/mol. The fraction of sp³-hybridized carbons (Fsp3) is 0.261. The summed E-state index contributed by atoms with van der Waals surface area (Å²) in [7, 11) is -3.70. The van der Waals surface area contributed by atoms with E-state index in [0.29, 0.717) is 5.69 Å². The Balaban J connectivity index is 1.31. The lowest BCUT2D eigenvalue weighted by Crippen LogP contribution is -2.30. The van der Waals surface area contributed by atoms with E-state index >= 15 is 0 Å². The maximum absolute atomic E-state index is 12.8. The van der Waals surface area contributed by atoms with Crippen LogP contribution in [0.15, 0.2) is 59.5 Å². The Morgan fingerprint density at radius 3 is 2.44 bits per heavy atom. The SMILES string of the molecule is Cc1nc2ccc(S(=O)(=O)Nc3ccc(-c4ccc(N5CCCCC5)nn4)cc3)cc2s1. The zero-order valence-corrected chi connectivity index (χ0v) is 19.3. The maximum Gasteiger partial charge on any atom is 0.261 e. The van der Waals surface area contributed by atoms with Crippen molar-refractivity contribution in [3.8, 4) is 11.3 Å². The van der Waals surface area contributed by atoms with Crippen molar-refractivity contribution in [2.75, 3.05) is 22.7 Å². The van der Waals surface area contributed by atoms with Gasteiger partial charge in [-0.2, -0.15) is 0 Å². The summed E-state index contributed by atoms with van der Waals surface area (Å²) in [6, 6.07) is 16.1. The number of fused-ring (bicyclic) bond motifs is 1. The number of piperidine rings is 1. The summed E-state index contributed by atoms with van der Waals surface area (Å²) >= 11 is 1.48. The van der Waals surface area contributed by atoms with E-state index in [1.165, 1.54) is 30.6 Å². The van der Waals surface area contributed by atoms with E-state index in [0.717, 1.165) is 45.4 Å². The second kappa shape index (κ2) is 8.48. The second-order valence-corrected chi connectivity index (χ2v) is 10.8. The van der Waals surface area contributed by atoms with Crippen molar-refractivity contribution in [1.29, 1.82) is 0 Å². The minimum absolute atomic E-state index is 0.219. The normalized spacial score (nSPS) is 14.6. The van der Waals surface area contributed by atoms with Gasteiger partial charge in [0.15, 0.2) is 5.82 Å². The number of rotatable bonds is 5. The third-order valence-electron chi connectivity index (χ3n) is 5.54. The molecule has 164 valence electrons. The number of hydrogen-bond donors (Lipinski definition) is 1. The lowest BCUT2D eigenvalue weighted by molar-refractivity contribution is 0.571. The number of nitrogens with zero attached hydrogens (tertiary/aromatic N) is 4. The number of benzene rings is 2. The van der Waals surface area contributed by atoms with Gasteiger partial charge in [-0.3, -0.25) is 4.72 Å². The molecule has 1 saturated heterocycles. The van der Waals surface area contributed by atoms with Gasteiger partial charge in [0.05, 0.1) is 25.8 Å². The van der Waals surface area contributed by atoms with Crippen molar-refractivity contribution in [2.45, 2.75) is 31.1 Å². The molecule has 32 heavy (non-hydrogen) atoms. The summed E-state index contributed by atoms with van der Waals surface area (Å²) in [4.78, 5) is 6.87. The van der Waals surface area contributed by atoms with Gasteiger partial charge in [0.1, 0.15) is 0 Å². The average Bonchev–Trinajstić information content (AvgIpc) is 3.19. The van der Waals surface area contributed by atoms with Gasteiger partial charge in [-0.15, -0.1) is 21.5 Å². The van der Waals surface area contributed by atoms with Crippen LogP contribution in [0, 0.1) is 6.92 Å². The molecule has 0 radical (unpaired) electrons. The topological polar surface area (TPSA) is 88.1 Å². The molecular weight excluding hydrogens is 442 g/mol. The van der Waals surface area contributed by atoms with Crippen LogP contribution in [0.5, 0.6) is 0 Å². The lowest BCUT2D eigenvalue weighted by atomic mass is 10.1. The van der Waals surface area contributed by atoms with Gasteiger partial charge in [0.2, 0.25) is 0 Å². The molecule has 4 aromatic rings. The highest BCUT2D eigenvalue weighted by Crippen LogP contribution is 2.27. The number of nitrogens with one attached hydrogen (secondary N) is 1. The molecule has 0 bridgehead atoms. The molecule has 1 aliphatic heterocycles. The fourth-order valence-corrected chi connectivity index (χ4v) is 5.91. The van der Waals surface area contributed by atoms with E-state index in [2.05, 4.69) is 24.8 Å². The maximum atomic E-state index is 12.8. The van der Waals surface area contributed by atoms with Crippen molar-refractivity contribution >= 4 is 43.1 Å². The standard InChI is InChI=1S/C23H23N5O2S2/c1-16-24-21-10-9-19(15-22(21)31-16)32(29,30)27-18-7-5-17(6-8-18)20-11-12-23(26-25-20)28-13-3-2-4-14-28/h5-12,15,27H,2-4,13-14H2,1H3. The molecule has 5 rings (SSSR count). The van der Waals surface area contributed by atoms with Crippen LogP contribution >= 0.6 is 11.3 Å². The third-order valence-corrected chi connectivity index (χ3v) is 7.85. The zero-order chi connectivity index (χ0) is 22.1. The lowest BCUT2D eigenvalue weighted by Gasteiger charge is -2.27. The quantitative estimate of drug-likeness (QED) is 0.453. The Bertz CT molecular complexity index is 1340. The van der Waals surface area contributed by atoms with Gasteiger partial charge in [-0.25, -0.2) is 13.4 Å². The molecule has 1 N–H and O–H groups in total. The molecule has 3 heterocycles. The molecule has 0 unspecified atom stereocenters. The Labute approximate surface area is 191 Å². The molecule has 0 saturated carbocycles. The molecule has 2 aromatic carbocycles. The van der Waals surface area contributed by atoms with Crippen LogP contribution in [0.4, 0.5) is 11.5 Å². The first-order valence-electron chi connectivity index (χ1n) is 10.6. The number of aryl methyl sites for hydroxylation is 1. The van der Waals surface area contributed by atoms with Crippen molar-refractivity contribution < 1.29 is 8.42 Å². The van der Waals surface area contributed by atoms with Crippen molar-refractivity contribution in [2.24, 2.45) is 0 Å². The second-order valence-electron chi connectivity index (χ2n) is 7.87. The number of hydrogen-bond acceptors (Lipinski definition) is 7. The van der Waals surface area contributed by atoms with E-state index in [9.17, 15) is 8.42 Å². The molecule has 0 atom stereocenters. The molecule has 0 amide bonds. The van der Waals surface area contributed by atoms with Crippen molar-refractivity contribution in [1.82, 2.24) is 15.2 Å². The summed E-state index contributed by atoms with van der Waals surface area (Å²) in [6.45, 7) is 3.96. The highest BCUT2D eigenvalue weighted by molar-refractivity contribution is 7.92. The predicted molar refractivity (Wildman–Crippen MR) is 129 cm³/mol. The Morgan fingerprint density at radius 1 is 0.938 bits per heavy atom. The molecule has 9 heteroatoms. The van der Waals surface area contributed by atoms with Crippen LogP contribution in [0.1, 0.15) is 24.3 Å². The fourth-order valence-electron chi connectivity index (χ4n) is 3.88. The first-order chi connectivity index (χ1) is 15.5. The highest BCUT2D eigenvalue weighted by Gasteiger charge is 2.16. The largest absolute Gasteiger partial charge is 0.355 e. The molecule has 1 fully saturated rings. The summed E-state index contributed by atoms with van der Waals surface area (Å²) in [5, 5.41) is 9.67. The number of sulfonamides is 1. The molecule has 0 spiro atoms. The summed E-state index contributed by atoms with van der Waals surface area (Å²) in [5.74, 6) is 0.908. The predicted octanol–water partition coefficient (Wildman–Crippen LogP) is 4.85. The van der Waals surface area contributed by atoms with Gasteiger partial charge in [0.25, 0.3) is 10.0 Å². The first kappa shape index (κ1) is 20.8. The molecule has 2 aromatic heterocycles. The van der Waals surface area contributed by atoms with E-state index in [1.54, 1.807) is 30.3 Å². The van der Waals surface area contributed by atoms with E-state index in [-0.39, 0.29) is 4.90 Å². The zero-order valence-electron chi connectivity index (χ0n) is 17.7. The molecule has 1 aliphatic rings. The van der Waals surface area contributed by atoms with Crippen LogP contribution in [0.3, 0.4) is 0 Å². The van der Waals surface area contributed by atoms with Crippen LogP contribution in [0.2, 0.25) is 0 Å². The average molecular weight is 466 g/mol. The number of aromatic nitrogens is 3. The minimum Gasteiger partial charge on any atom is -0.355 e. The Kier molecular flexibility index (Phi) is 5.52. The van der Waals surface area contributed by atoms with Gasteiger partial charge in [-0.05, 0) is 68.7 Å². The first-order valence-corrected chi connectivity index (χ1v) is 12.9. The van der Waals surface area contributed by atoms with Gasteiger partial charge >= 0.3 is 0 Å². The molecular formula is C23H23N5O2S2. The van der Waals surface area contributed by atoms with Crippen LogP contribution in [-0.4, -0.2) is 36.7 Å². The van der Waals surface area contributed by atoms with E-state index in [1.807, 2.05) is 31.2 Å². The number of thiazole rings is 1. The Hall–Kier alpha value is -3.04. The third kappa shape index (κ3) is 4.31. The van der Waals surface area contributed by atoms with Gasteiger partial charge < -0.3 is 4.90 Å². The van der Waals surface area contributed by atoms with E-state index in [4.69, 9.17) is 0 Å². The van der Waals surface area contributed by atoms with Gasteiger partial charge in [0, 0.05) is 24.3 Å². The van der Waals surface area contributed by atoms with Crippen molar-refractivity contribution in [3.63, 3.8) is 0 Å². The highest BCUT2D eigenvalue weighted by atomic mass is 32.2. The smallest absolute Gasteiger partial charge is 0.261 e. The number of anilines is 2. The van der Waals surface area contributed by atoms with Crippen LogP contribution in [0.25, 0.3) is 21.5 Å². The van der Waals surface area contributed by atoms with Crippen molar-refractivity contribution in [3.05, 3.63) is 59.6 Å². The minimum atomic E-state index is -3.70. The Morgan fingerprint density at radius 2 is 1.72 bits per heavy atom. The molecule has 0 aliphatic carbocycles.